The molecule has 0 amide bonds. The lowest BCUT2D eigenvalue weighted by atomic mass is 9.74. The number of nitrogens with zero attached hydrogens (tertiary/aromatic N) is 2. The Labute approximate surface area is 278 Å². The fraction of sp³-hybridized carbons (Fsp3) is 0.641. The van der Waals surface area contributed by atoms with Crippen LogP contribution in [0.25, 0.3) is 0 Å². The van der Waals surface area contributed by atoms with E-state index >= 15 is 0 Å². The Morgan fingerprint density at radius 2 is 1.39 bits per heavy atom. The highest BCUT2D eigenvalue weighted by atomic mass is 16.5. The molecule has 2 aromatic rings. The molecule has 7 heteroatoms. The second-order valence-electron chi connectivity index (χ2n) is 12.8. The summed E-state index contributed by atoms with van der Waals surface area (Å²) in [7, 11) is 6.46. The molecule has 0 aromatic heterocycles. The monoisotopic (exact) mass is 634 g/mol. The molecular weight excluding hydrogens is 576 g/mol. The smallest absolute Gasteiger partial charge is 0.171 e. The zero-order valence-corrected chi connectivity index (χ0v) is 29.2. The molecule has 1 unspecified atom stereocenters. The quantitative estimate of drug-likeness (QED) is 0.0944. The van der Waals surface area contributed by atoms with E-state index in [1.165, 1.54) is 51.4 Å². The molecular formula is C39H58N2O5. The number of hydrogen-bond donors (Lipinski definition) is 0. The molecule has 1 fully saturated rings. The van der Waals surface area contributed by atoms with Crippen LogP contribution in [0.2, 0.25) is 0 Å². The van der Waals surface area contributed by atoms with Crippen LogP contribution in [0.15, 0.2) is 36.4 Å². The van der Waals surface area contributed by atoms with Crippen LogP contribution in [0.3, 0.4) is 0 Å². The Bertz CT molecular complexity index is 1230. The zero-order chi connectivity index (χ0) is 33.2. The lowest BCUT2D eigenvalue weighted by Gasteiger charge is -2.33. The molecule has 46 heavy (non-hydrogen) atoms. The van der Waals surface area contributed by atoms with Gasteiger partial charge in [0.2, 0.25) is 0 Å². The van der Waals surface area contributed by atoms with Gasteiger partial charge in [-0.1, -0.05) is 83.3 Å². The minimum absolute atomic E-state index is 0.0291. The average Bonchev–Trinajstić information content (AvgIpc) is 3.10. The summed E-state index contributed by atoms with van der Waals surface area (Å²) in [6, 6.07) is 14.2. The van der Waals surface area contributed by atoms with Crippen LogP contribution in [-0.2, 0) is 5.41 Å². The summed E-state index contributed by atoms with van der Waals surface area (Å²) in [4.78, 5) is 15.9. The number of carbonyl (C=O) groups is 1. The number of ketones is 1. The predicted molar refractivity (Wildman–Crippen MR) is 186 cm³/mol. The van der Waals surface area contributed by atoms with Gasteiger partial charge < -0.3 is 23.8 Å². The van der Waals surface area contributed by atoms with Gasteiger partial charge >= 0.3 is 0 Å². The number of piperidine rings is 1. The third-order valence-corrected chi connectivity index (χ3v) is 9.81. The summed E-state index contributed by atoms with van der Waals surface area (Å²) in [5.41, 5.74) is 1.04. The van der Waals surface area contributed by atoms with Crippen molar-refractivity contribution in [1.82, 2.24) is 4.90 Å². The van der Waals surface area contributed by atoms with Crippen LogP contribution in [0.1, 0.15) is 119 Å². The van der Waals surface area contributed by atoms with E-state index in [0.29, 0.717) is 28.6 Å². The molecule has 254 valence electrons. The van der Waals surface area contributed by atoms with Crippen molar-refractivity contribution in [3.63, 3.8) is 0 Å². The van der Waals surface area contributed by atoms with Gasteiger partial charge in [-0.15, -0.1) is 0 Å². The van der Waals surface area contributed by atoms with Gasteiger partial charge in [-0.25, -0.2) is 0 Å². The van der Waals surface area contributed by atoms with Gasteiger partial charge in [0.1, 0.15) is 0 Å². The van der Waals surface area contributed by atoms with E-state index in [1.54, 1.807) is 28.4 Å². The van der Waals surface area contributed by atoms with Crippen molar-refractivity contribution >= 4 is 5.78 Å². The number of carbonyl (C=O) groups excluding carboxylic acids is 1. The Morgan fingerprint density at radius 1 is 0.783 bits per heavy atom. The third kappa shape index (κ3) is 10.4. The molecule has 0 radical (unpaired) electrons. The molecule has 1 aliphatic rings. The van der Waals surface area contributed by atoms with Crippen LogP contribution in [0.4, 0.5) is 0 Å². The summed E-state index contributed by atoms with van der Waals surface area (Å²) >= 11 is 0. The highest BCUT2D eigenvalue weighted by Gasteiger charge is 2.33. The molecule has 0 aliphatic carbocycles. The summed E-state index contributed by atoms with van der Waals surface area (Å²) in [6.07, 6.45) is 16.9. The summed E-state index contributed by atoms with van der Waals surface area (Å²) in [5.74, 6) is 2.55. The molecule has 0 bridgehead atoms. The second-order valence-corrected chi connectivity index (χ2v) is 12.8. The van der Waals surface area contributed by atoms with Gasteiger partial charge in [0, 0.05) is 5.92 Å². The summed E-state index contributed by atoms with van der Waals surface area (Å²) < 4.78 is 22.1. The number of methoxy groups -OCH3 is 4. The SMILES string of the molecule is CCCCCCCCCCCCC(C#N)(CCCN1CCC(C(=O)c2cccc(OC)c2OC)CC1)c1ccc(OC)c(OC)c1. The van der Waals surface area contributed by atoms with Crippen LogP contribution >= 0.6 is 0 Å². The molecule has 2 aromatic carbocycles. The molecule has 1 atom stereocenters. The molecule has 1 aliphatic heterocycles. The van der Waals surface area contributed by atoms with Gasteiger partial charge in [0.25, 0.3) is 0 Å². The number of ether oxygens (including phenoxy) is 4. The Kier molecular flexibility index (Phi) is 16.3. The van der Waals surface area contributed by atoms with Crippen molar-refractivity contribution in [3.8, 4) is 29.1 Å². The average molecular weight is 635 g/mol. The summed E-state index contributed by atoms with van der Waals surface area (Å²) in [6.45, 7) is 4.92. The number of benzene rings is 2. The molecule has 3 rings (SSSR count). The predicted octanol–water partition coefficient (Wildman–Crippen LogP) is 9.17. The first-order valence-electron chi connectivity index (χ1n) is 17.6. The largest absolute Gasteiger partial charge is 0.493 e. The first-order chi connectivity index (χ1) is 22.5. The maximum absolute atomic E-state index is 13.4. The van der Waals surface area contributed by atoms with Crippen LogP contribution in [0, 0.1) is 17.2 Å². The molecule has 7 nitrogen and oxygen atoms in total. The van der Waals surface area contributed by atoms with Crippen molar-refractivity contribution < 1.29 is 23.7 Å². The van der Waals surface area contributed by atoms with Crippen molar-refractivity contribution in [1.29, 1.82) is 5.26 Å². The molecule has 0 saturated carbocycles. The Hall–Kier alpha value is -3.24. The van der Waals surface area contributed by atoms with E-state index in [0.717, 1.165) is 70.1 Å². The molecule has 1 heterocycles. The first kappa shape index (κ1) is 37.2. The van der Waals surface area contributed by atoms with E-state index in [-0.39, 0.29) is 11.7 Å². The van der Waals surface area contributed by atoms with Crippen LogP contribution < -0.4 is 18.9 Å². The van der Waals surface area contributed by atoms with Crippen molar-refractivity contribution in [3.05, 3.63) is 47.5 Å². The topological polar surface area (TPSA) is 81.0 Å². The fourth-order valence-electron chi connectivity index (χ4n) is 6.96. The Balaban J connectivity index is 1.57. The van der Waals surface area contributed by atoms with E-state index in [2.05, 4.69) is 17.9 Å². The van der Waals surface area contributed by atoms with Crippen molar-refractivity contribution in [2.75, 3.05) is 48.1 Å². The second kappa shape index (κ2) is 20.1. The normalized spacial score (nSPS) is 15.1. The highest BCUT2D eigenvalue weighted by Crippen LogP contribution is 2.40. The van der Waals surface area contributed by atoms with Gasteiger partial charge in [-0.05, 0) is 81.6 Å². The first-order valence-corrected chi connectivity index (χ1v) is 17.6. The molecule has 0 spiro atoms. The fourth-order valence-corrected chi connectivity index (χ4v) is 6.96. The maximum Gasteiger partial charge on any atom is 0.171 e. The summed E-state index contributed by atoms with van der Waals surface area (Å²) in [5, 5.41) is 10.7. The molecule has 1 saturated heterocycles. The minimum Gasteiger partial charge on any atom is -0.493 e. The van der Waals surface area contributed by atoms with E-state index in [4.69, 9.17) is 18.9 Å². The van der Waals surface area contributed by atoms with Gasteiger partial charge in [-0.3, -0.25) is 4.79 Å². The van der Waals surface area contributed by atoms with Crippen molar-refractivity contribution in [2.45, 2.75) is 109 Å². The van der Waals surface area contributed by atoms with Crippen molar-refractivity contribution in [2.24, 2.45) is 5.92 Å². The number of Topliss-reactive ketones (excluding diaryl/α,β-unsaturated/α-hetero) is 1. The number of rotatable bonds is 22. The lowest BCUT2D eigenvalue weighted by Crippen LogP contribution is -2.37. The number of para-hydroxylation sites is 1. The van der Waals surface area contributed by atoms with E-state index in [9.17, 15) is 10.1 Å². The number of nitriles is 1. The van der Waals surface area contributed by atoms with Crippen LogP contribution in [0.5, 0.6) is 23.0 Å². The number of likely N-dealkylation sites (tertiary alicyclic amines) is 1. The van der Waals surface area contributed by atoms with Gasteiger partial charge in [0.05, 0.1) is 45.5 Å². The molecule has 0 N–H and O–H groups in total. The number of hydrogen-bond acceptors (Lipinski definition) is 7. The maximum atomic E-state index is 13.4. The minimum atomic E-state index is -0.573. The zero-order valence-electron chi connectivity index (χ0n) is 29.2. The standard InChI is InChI=1S/C39H58N2O5/c1-6-7-8-9-10-11-12-13-14-15-24-39(30-40,32-20-21-34(43-2)36(29-32)45-4)25-17-26-41-27-22-31(23-28-41)37(42)33-18-16-19-35(44-3)38(33)46-5/h16,18-21,29,31H,6-15,17,22-28H2,1-5H3. The van der Waals surface area contributed by atoms with Gasteiger partial charge in [0.15, 0.2) is 28.8 Å². The van der Waals surface area contributed by atoms with Gasteiger partial charge in [-0.2, -0.15) is 5.26 Å². The van der Waals surface area contributed by atoms with Crippen LogP contribution in [-0.4, -0.2) is 58.8 Å². The number of unbranched alkanes of at least 4 members (excludes halogenated alkanes) is 9. The highest BCUT2D eigenvalue weighted by molar-refractivity contribution is 6.01. The van der Waals surface area contributed by atoms with E-state index < -0.39 is 5.41 Å². The Morgan fingerprint density at radius 3 is 1.98 bits per heavy atom. The lowest BCUT2D eigenvalue weighted by molar-refractivity contribution is 0.0834. The van der Waals surface area contributed by atoms with E-state index in [1.807, 2.05) is 36.4 Å². The third-order valence-electron chi connectivity index (χ3n) is 9.81.